The normalized spacial score (nSPS) is 10.3. The fourth-order valence-corrected chi connectivity index (χ4v) is 2.00. The Balaban J connectivity index is 2.19. The van der Waals surface area contributed by atoms with Crippen LogP contribution in [0.3, 0.4) is 0 Å². The molecule has 0 bridgehead atoms. The summed E-state index contributed by atoms with van der Waals surface area (Å²) in [6.45, 7) is 0.164. The Morgan fingerprint density at radius 3 is 1.90 bits per heavy atom. The van der Waals surface area contributed by atoms with Crippen molar-refractivity contribution < 1.29 is 9.90 Å². The lowest BCUT2D eigenvalue weighted by molar-refractivity contribution is 0.232. The number of carbonyl (C=O) groups excluding carboxylic acids is 1. The Labute approximate surface area is 118 Å². The van der Waals surface area contributed by atoms with Crippen molar-refractivity contribution in [3.05, 3.63) is 71.8 Å². The predicted molar refractivity (Wildman–Crippen MR) is 78.3 cm³/mol. The first-order valence-corrected chi connectivity index (χ1v) is 6.56. The number of benzene rings is 2. The quantitative estimate of drug-likeness (QED) is 0.779. The Kier molecular flexibility index (Phi) is 5.15. The van der Waals surface area contributed by atoms with Crippen molar-refractivity contribution in [2.45, 2.75) is 6.04 Å². The minimum absolute atomic E-state index is 0.0746. The minimum Gasteiger partial charge on any atom is -0.395 e. The van der Waals surface area contributed by atoms with Crippen LogP contribution in [0.15, 0.2) is 60.7 Å². The lowest BCUT2D eigenvalue weighted by Gasteiger charge is -2.20. The highest BCUT2D eigenvalue weighted by Gasteiger charge is 2.15. The number of aliphatic hydroxyl groups excluding tert-OH is 1. The molecule has 4 nitrogen and oxygen atoms in total. The van der Waals surface area contributed by atoms with Gasteiger partial charge in [-0.05, 0) is 11.1 Å². The SMILES string of the molecule is O=C(NCCO)NC(c1ccccc1)c1ccccc1. The Bertz CT molecular complexity index is 489. The molecular formula is C16H18N2O2. The Morgan fingerprint density at radius 1 is 0.950 bits per heavy atom. The molecule has 20 heavy (non-hydrogen) atoms. The molecule has 3 N–H and O–H groups in total. The molecule has 0 fully saturated rings. The molecular weight excluding hydrogens is 252 g/mol. The topological polar surface area (TPSA) is 61.4 Å². The molecule has 2 amide bonds. The van der Waals surface area contributed by atoms with Gasteiger partial charge in [0.25, 0.3) is 0 Å². The predicted octanol–water partition coefficient (Wildman–Crippen LogP) is 2.07. The Morgan fingerprint density at radius 2 is 1.45 bits per heavy atom. The maximum absolute atomic E-state index is 11.8. The van der Waals surface area contributed by atoms with Gasteiger partial charge in [0.1, 0.15) is 0 Å². The van der Waals surface area contributed by atoms with Gasteiger partial charge in [-0.3, -0.25) is 0 Å². The van der Waals surface area contributed by atoms with Gasteiger partial charge in [-0.15, -0.1) is 0 Å². The van der Waals surface area contributed by atoms with E-state index in [9.17, 15) is 4.79 Å². The lowest BCUT2D eigenvalue weighted by Crippen LogP contribution is -2.39. The summed E-state index contributed by atoms with van der Waals surface area (Å²) < 4.78 is 0. The third-order valence-corrected chi connectivity index (χ3v) is 2.94. The number of hydrogen-bond acceptors (Lipinski definition) is 2. The van der Waals surface area contributed by atoms with E-state index >= 15 is 0 Å². The second-order valence-corrected chi connectivity index (χ2v) is 4.38. The summed E-state index contributed by atoms with van der Waals surface area (Å²) in [7, 11) is 0. The highest BCUT2D eigenvalue weighted by Crippen LogP contribution is 2.21. The number of nitrogens with one attached hydrogen (secondary N) is 2. The lowest BCUT2D eigenvalue weighted by atomic mass is 9.99. The summed E-state index contributed by atoms with van der Waals surface area (Å²) in [4.78, 5) is 11.8. The van der Waals surface area contributed by atoms with E-state index in [-0.39, 0.29) is 25.2 Å². The van der Waals surface area contributed by atoms with Gasteiger partial charge in [-0.1, -0.05) is 60.7 Å². The molecule has 4 heteroatoms. The summed E-state index contributed by atoms with van der Waals surface area (Å²) in [6, 6.07) is 19.1. The molecule has 0 saturated heterocycles. The molecule has 0 unspecified atom stereocenters. The molecule has 0 spiro atoms. The van der Waals surface area contributed by atoms with Crippen molar-refractivity contribution in [3.63, 3.8) is 0 Å². The summed E-state index contributed by atoms with van der Waals surface area (Å²) >= 11 is 0. The van der Waals surface area contributed by atoms with E-state index in [1.165, 1.54) is 0 Å². The van der Waals surface area contributed by atoms with Crippen LogP contribution in [0.1, 0.15) is 17.2 Å². The van der Waals surface area contributed by atoms with E-state index in [2.05, 4.69) is 10.6 Å². The molecule has 0 aliphatic rings. The van der Waals surface area contributed by atoms with Crippen molar-refractivity contribution in [1.29, 1.82) is 0 Å². The van der Waals surface area contributed by atoms with E-state index in [4.69, 9.17) is 5.11 Å². The molecule has 2 rings (SSSR count). The smallest absolute Gasteiger partial charge is 0.315 e. The molecule has 0 saturated carbocycles. The zero-order chi connectivity index (χ0) is 14.2. The zero-order valence-corrected chi connectivity index (χ0v) is 11.1. The van der Waals surface area contributed by atoms with E-state index in [1.54, 1.807) is 0 Å². The van der Waals surface area contributed by atoms with Crippen molar-refractivity contribution in [2.24, 2.45) is 0 Å². The maximum Gasteiger partial charge on any atom is 0.315 e. The van der Waals surface area contributed by atoms with Crippen molar-refractivity contribution in [1.82, 2.24) is 10.6 Å². The van der Waals surface area contributed by atoms with Gasteiger partial charge < -0.3 is 15.7 Å². The van der Waals surface area contributed by atoms with Gasteiger partial charge in [0, 0.05) is 6.54 Å². The summed E-state index contributed by atoms with van der Waals surface area (Å²) in [5, 5.41) is 14.3. The highest BCUT2D eigenvalue weighted by atomic mass is 16.3. The number of carbonyl (C=O) groups is 1. The van der Waals surface area contributed by atoms with E-state index in [0.29, 0.717) is 0 Å². The van der Waals surface area contributed by atoms with Crippen LogP contribution < -0.4 is 10.6 Å². The monoisotopic (exact) mass is 270 g/mol. The van der Waals surface area contributed by atoms with Crippen LogP contribution in [0, 0.1) is 0 Å². The average Bonchev–Trinajstić information content (AvgIpc) is 2.52. The van der Waals surface area contributed by atoms with E-state index in [1.807, 2.05) is 60.7 Å². The molecule has 104 valence electrons. The first-order chi connectivity index (χ1) is 9.81. The van der Waals surface area contributed by atoms with E-state index in [0.717, 1.165) is 11.1 Å². The van der Waals surface area contributed by atoms with Gasteiger partial charge in [0.2, 0.25) is 0 Å². The number of amides is 2. The van der Waals surface area contributed by atoms with Crippen LogP contribution in [-0.2, 0) is 0 Å². The summed E-state index contributed by atoms with van der Waals surface area (Å²) in [5.41, 5.74) is 2.02. The molecule has 0 heterocycles. The van der Waals surface area contributed by atoms with Gasteiger partial charge >= 0.3 is 6.03 Å². The van der Waals surface area contributed by atoms with Gasteiger partial charge in [0.15, 0.2) is 0 Å². The number of rotatable bonds is 5. The van der Waals surface area contributed by atoms with Crippen LogP contribution in [0.4, 0.5) is 4.79 Å². The third kappa shape index (κ3) is 3.83. The summed E-state index contributed by atoms with van der Waals surface area (Å²) in [5.74, 6) is 0. The van der Waals surface area contributed by atoms with Gasteiger partial charge in [0.05, 0.1) is 12.6 Å². The van der Waals surface area contributed by atoms with Crippen molar-refractivity contribution in [2.75, 3.05) is 13.2 Å². The average molecular weight is 270 g/mol. The second kappa shape index (κ2) is 7.31. The molecule has 0 aromatic heterocycles. The Hall–Kier alpha value is -2.33. The molecule has 2 aromatic rings. The third-order valence-electron chi connectivity index (χ3n) is 2.94. The minimum atomic E-state index is -0.295. The standard InChI is InChI=1S/C16H18N2O2/c19-12-11-17-16(20)18-15(13-7-3-1-4-8-13)14-9-5-2-6-10-14/h1-10,15,19H,11-12H2,(H2,17,18,20). The van der Waals surface area contributed by atoms with Crippen molar-refractivity contribution in [3.8, 4) is 0 Å². The fraction of sp³-hybridized carbons (Fsp3) is 0.188. The molecule has 0 radical (unpaired) electrons. The zero-order valence-electron chi connectivity index (χ0n) is 11.1. The second-order valence-electron chi connectivity index (χ2n) is 4.38. The van der Waals surface area contributed by atoms with Crippen LogP contribution in [0.25, 0.3) is 0 Å². The van der Waals surface area contributed by atoms with Crippen LogP contribution >= 0.6 is 0 Å². The van der Waals surface area contributed by atoms with Crippen LogP contribution in [0.2, 0.25) is 0 Å². The largest absolute Gasteiger partial charge is 0.395 e. The first-order valence-electron chi connectivity index (χ1n) is 6.56. The van der Waals surface area contributed by atoms with E-state index < -0.39 is 0 Å². The van der Waals surface area contributed by atoms with Gasteiger partial charge in [-0.2, -0.15) is 0 Å². The molecule has 0 atom stereocenters. The number of aliphatic hydroxyl groups is 1. The fourth-order valence-electron chi connectivity index (χ4n) is 2.00. The van der Waals surface area contributed by atoms with Gasteiger partial charge in [-0.25, -0.2) is 4.79 Å². The number of hydrogen-bond donors (Lipinski definition) is 3. The van der Waals surface area contributed by atoms with Crippen LogP contribution in [-0.4, -0.2) is 24.3 Å². The number of urea groups is 1. The maximum atomic E-state index is 11.8. The van der Waals surface area contributed by atoms with Crippen molar-refractivity contribution >= 4 is 6.03 Å². The van der Waals surface area contributed by atoms with Crippen LogP contribution in [0.5, 0.6) is 0 Å². The first kappa shape index (κ1) is 14.1. The summed E-state index contributed by atoms with van der Waals surface area (Å²) in [6.07, 6.45) is 0. The highest BCUT2D eigenvalue weighted by molar-refractivity contribution is 5.75. The molecule has 2 aromatic carbocycles. The molecule has 0 aliphatic heterocycles. The molecule has 0 aliphatic carbocycles.